The van der Waals surface area contributed by atoms with Crippen LogP contribution in [-0.4, -0.2) is 50.6 Å². The van der Waals surface area contributed by atoms with Crippen LogP contribution in [0.4, 0.5) is 11.4 Å². The molecular weight excluding hydrogens is 368 g/mol. The Morgan fingerprint density at radius 3 is 2.24 bits per heavy atom. The summed E-state index contributed by atoms with van der Waals surface area (Å²) in [4.78, 5) is 16.6. The zero-order chi connectivity index (χ0) is 20.2. The number of rotatable bonds is 5. The Kier molecular flexibility index (Phi) is 5.37. The molecule has 1 fully saturated rings. The zero-order valence-corrected chi connectivity index (χ0v) is 16.6. The van der Waals surface area contributed by atoms with Crippen molar-refractivity contribution in [2.75, 3.05) is 50.2 Å². The van der Waals surface area contributed by atoms with Crippen LogP contribution in [0.15, 0.2) is 59.4 Å². The lowest BCUT2D eigenvalue weighted by molar-refractivity contribution is 0.355. The second-order valence-corrected chi connectivity index (χ2v) is 6.85. The van der Waals surface area contributed by atoms with E-state index in [4.69, 9.17) is 9.47 Å². The van der Waals surface area contributed by atoms with Crippen LogP contribution in [0.2, 0.25) is 0 Å². The smallest absolute Gasteiger partial charge is 0.266 e. The molecule has 0 spiro atoms. The van der Waals surface area contributed by atoms with Crippen LogP contribution in [0.3, 0.4) is 0 Å². The number of piperazine rings is 1. The van der Waals surface area contributed by atoms with Crippen LogP contribution >= 0.6 is 0 Å². The summed E-state index contributed by atoms with van der Waals surface area (Å²) in [6.45, 7) is 3.37. The topological polar surface area (TPSA) is 70.7 Å². The standard InChI is InChI=1S/C22H24N4O3/c1-28-19-9-8-16(14-20(19)29-2)22-18(15-21(27)23-24-22)26-12-10-25(11-13-26)17-6-4-3-5-7-17/h3-9,14-15H,10-13H2,1-2H3,(H,23,27). The summed E-state index contributed by atoms with van der Waals surface area (Å²) >= 11 is 0. The highest BCUT2D eigenvalue weighted by atomic mass is 16.5. The zero-order valence-electron chi connectivity index (χ0n) is 16.6. The maximum Gasteiger partial charge on any atom is 0.266 e. The van der Waals surface area contributed by atoms with Gasteiger partial charge in [0.2, 0.25) is 0 Å². The number of nitrogens with one attached hydrogen (secondary N) is 1. The molecule has 29 heavy (non-hydrogen) atoms. The van der Waals surface area contributed by atoms with Crippen molar-refractivity contribution in [1.82, 2.24) is 10.2 Å². The number of methoxy groups -OCH3 is 2. The normalized spacial score (nSPS) is 14.0. The molecule has 3 aromatic rings. The number of hydrogen-bond acceptors (Lipinski definition) is 6. The summed E-state index contributed by atoms with van der Waals surface area (Å²) in [5, 5.41) is 6.91. The lowest BCUT2D eigenvalue weighted by Gasteiger charge is -2.37. The number of aromatic amines is 1. The van der Waals surface area contributed by atoms with Crippen molar-refractivity contribution >= 4 is 11.4 Å². The van der Waals surface area contributed by atoms with Gasteiger partial charge < -0.3 is 19.3 Å². The van der Waals surface area contributed by atoms with Gasteiger partial charge in [-0.15, -0.1) is 0 Å². The molecule has 7 heteroatoms. The van der Waals surface area contributed by atoms with Crippen LogP contribution in [-0.2, 0) is 0 Å². The second kappa shape index (κ2) is 8.26. The van der Waals surface area contributed by atoms with E-state index >= 15 is 0 Å². The fourth-order valence-electron chi connectivity index (χ4n) is 3.67. The highest BCUT2D eigenvalue weighted by molar-refractivity contribution is 5.76. The van der Waals surface area contributed by atoms with E-state index in [1.165, 1.54) is 5.69 Å². The average Bonchev–Trinajstić information content (AvgIpc) is 2.79. The summed E-state index contributed by atoms with van der Waals surface area (Å²) in [5.41, 5.74) is 3.41. The van der Waals surface area contributed by atoms with Gasteiger partial charge in [0.15, 0.2) is 11.5 Å². The van der Waals surface area contributed by atoms with Crippen LogP contribution < -0.4 is 24.8 Å². The van der Waals surface area contributed by atoms with Crippen molar-refractivity contribution < 1.29 is 9.47 Å². The van der Waals surface area contributed by atoms with E-state index in [0.717, 1.165) is 43.1 Å². The number of nitrogens with zero attached hydrogens (tertiary/aromatic N) is 3. The molecule has 2 aromatic carbocycles. The molecule has 0 aliphatic carbocycles. The molecule has 0 unspecified atom stereocenters. The molecule has 0 saturated carbocycles. The largest absolute Gasteiger partial charge is 0.493 e. The second-order valence-electron chi connectivity index (χ2n) is 6.85. The fraction of sp³-hybridized carbons (Fsp3) is 0.273. The molecule has 0 atom stereocenters. The molecule has 1 aliphatic rings. The molecule has 1 aliphatic heterocycles. The Balaban J connectivity index is 1.62. The van der Waals surface area contributed by atoms with E-state index in [1.54, 1.807) is 20.3 Å². The van der Waals surface area contributed by atoms with Crippen LogP contribution in [0, 0.1) is 0 Å². The van der Waals surface area contributed by atoms with Crippen LogP contribution in [0.1, 0.15) is 0 Å². The first-order chi connectivity index (χ1) is 14.2. The van der Waals surface area contributed by atoms with Gasteiger partial charge in [-0.05, 0) is 30.3 Å². The highest BCUT2D eigenvalue weighted by Gasteiger charge is 2.22. The third-order valence-corrected chi connectivity index (χ3v) is 5.19. The van der Waals surface area contributed by atoms with Gasteiger partial charge in [-0.1, -0.05) is 18.2 Å². The average molecular weight is 392 g/mol. The van der Waals surface area contributed by atoms with Crippen LogP contribution in [0.25, 0.3) is 11.3 Å². The molecular formula is C22H24N4O3. The molecule has 1 aromatic heterocycles. The molecule has 150 valence electrons. The third kappa shape index (κ3) is 3.89. The first-order valence-electron chi connectivity index (χ1n) is 9.56. The number of benzene rings is 2. The minimum Gasteiger partial charge on any atom is -0.493 e. The molecule has 2 heterocycles. The minimum absolute atomic E-state index is 0.213. The van der Waals surface area contributed by atoms with Gasteiger partial charge >= 0.3 is 0 Å². The molecule has 0 amide bonds. The number of aromatic nitrogens is 2. The molecule has 0 bridgehead atoms. The summed E-state index contributed by atoms with van der Waals surface area (Å²) in [6, 6.07) is 17.6. The summed E-state index contributed by atoms with van der Waals surface area (Å²) in [5.74, 6) is 1.27. The first-order valence-corrected chi connectivity index (χ1v) is 9.56. The number of para-hydroxylation sites is 1. The minimum atomic E-state index is -0.213. The number of hydrogen-bond donors (Lipinski definition) is 1. The van der Waals surface area contributed by atoms with Crippen molar-refractivity contribution in [2.45, 2.75) is 0 Å². The van der Waals surface area contributed by atoms with Gasteiger partial charge in [0.25, 0.3) is 5.56 Å². The Hall–Kier alpha value is -3.48. The van der Waals surface area contributed by atoms with E-state index < -0.39 is 0 Å². The maximum absolute atomic E-state index is 12.0. The summed E-state index contributed by atoms with van der Waals surface area (Å²) in [6.07, 6.45) is 0. The number of H-pyrrole nitrogens is 1. The quantitative estimate of drug-likeness (QED) is 0.720. The lowest BCUT2D eigenvalue weighted by Crippen LogP contribution is -2.47. The Morgan fingerprint density at radius 2 is 1.55 bits per heavy atom. The molecule has 1 saturated heterocycles. The SMILES string of the molecule is COc1ccc(-c2n[nH]c(=O)cc2N2CCN(c3ccccc3)CC2)cc1OC. The number of anilines is 2. The van der Waals surface area contributed by atoms with E-state index in [2.05, 4.69) is 44.3 Å². The van der Waals surface area contributed by atoms with Gasteiger partial charge in [-0.25, -0.2) is 5.10 Å². The van der Waals surface area contributed by atoms with Gasteiger partial charge in [0.05, 0.1) is 19.9 Å². The van der Waals surface area contributed by atoms with Crippen molar-refractivity contribution in [3.63, 3.8) is 0 Å². The maximum atomic E-state index is 12.0. The Morgan fingerprint density at radius 1 is 0.862 bits per heavy atom. The molecule has 1 N–H and O–H groups in total. The van der Waals surface area contributed by atoms with E-state index in [0.29, 0.717) is 11.5 Å². The Labute approximate surface area is 169 Å². The van der Waals surface area contributed by atoms with Gasteiger partial charge in [-0.2, -0.15) is 5.10 Å². The number of ether oxygens (including phenoxy) is 2. The van der Waals surface area contributed by atoms with Gasteiger partial charge in [0.1, 0.15) is 5.69 Å². The molecule has 7 nitrogen and oxygen atoms in total. The predicted molar refractivity (Wildman–Crippen MR) is 114 cm³/mol. The monoisotopic (exact) mass is 392 g/mol. The molecule has 4 rings (SSSR count). The highest BCUT2D eigenvalue weighted by Crippen LogP contribution is 2.35. The van der Waals surface area contributed by atoms with E-state index in [1.807, 2.05) is 24.3 Å². The van der Waals surface area contributed by atoms with E-state index in [-0.39, 0.29) is 5.56 Å². The first kappa shape index (κ1) is 18.9. The predicted octanol–water partition coefficient (Wildman–Crippen LogP) is 2.78. The van der Waals surface area contributed by atoms with Crippen LogP contribution in [0.5, 0.6) is 11.5 Å². The lowest BCUT2D eigenvalue weighted by atomic mass is 10.1. The summed E-state index contributed by atoms with van der Waals surface area (Å²) in [7, 11) is 3.21. The third-order valence-electron chi connectivity index (χ3n) is 5.19. The molecule has 0 radical (unpaired) electrons. The van der Waals surface area contributed by atoms with Gasteiger partial charge in [0, 0.05) is 43.5 Å². The summed E-state index contributed by atoms with van der Waals surface area (Å²) < 4.78 is 10.8. The van der Waals surface area contributed by atoms with Crippen molar-refractivity contribution in [3.05, 3.63) is 65.0 Å². The van der Waals surface area contributed by atoms with Crippen molar-refractivity contribution in [2.24, 2.45) is 0 Å². The van der Waals surface area contributed by atoms with Crippen molar-refractivity contribution in [1.29, 1.82) is 0 Å². The van der Waals surface area contributed by atoms with Crippen molar-refractivity contribution in [3.8, 4) is 22.8 Å². The van der Waals surface area contributed by atoms with E-state index in [9.17, 15) is 4.79 Å². The fourth-order valence-corrected chi connectivity index (χ4v) is 3.67. The van der Waals surface area contributed by atoms with Gasteiger partial charge in [-0.3, -0.25) is 4.79 Å². The Bertz CT molecular complexity index is 1030.